The normalized spacial score (nSPS) is 17.8. The summed E-state index contributed by atoms with van der Waals surface area (Å²) in [5, 5.41) is 4.49. The van der Waals surface area contributed by atoms with Gasteiger partial charge in [0.1, 0.15) is 0 Å². The molecule has 1 aromatic carbocycles. The average Bonchev–Trinajstić information content (AvgIpc) is 2.27. The second-order valence-electron chi connectivity index (χ2n) is 5.06. The lowest BCUT2D eigenvalue weighted by Crippen LogP contribution is -2.25. The molecule has 94 valence electrons. The molecule has 1 nitrogen and oxygen atoms in total. The quantitative estimate of drug-likeness (QED) is 0.781. The summed E-state index contributed by atoms with van der Waals surface area (Å²) in [6, 6.07) is 8.66. The zero-order valence-corrected chi connectivity index (χ0v) is 11.3. The minimum atomic E-state index is 0.453. The van der Waals surface area contributed by atoms with Crippen LogP contribution >= 0.6 is 11.6 Å². The Morgan fingerprint density at radius 1 is 1.41 bits per heavy atom. The minimum absolute atomic E-state index is 0.453. The SMILES string of the molecule is CCC(NCCC1CCC1)c1cccc(Cl)c1. The highest BCUT2D eigenvalue weighted by Crippen LogP contribution is 2.29. The summed E-state index contributed by atoms with van der Waals surface area (Å²) < 4.78 is 0. The maximum Gasteiger partial charge on any atom is 0.0409 e. The molecule has 1 fully saturated rings. The van der Waals surface area contributed by atoms with Crippen molar-refractivity contribution in [3.8, 4) is 0 Å². The molecule has 0 amide bonds. The van der Waals surface area contributed by atoms with E-state index in [0.717, 1.165) is 23.9 Å². The van der Waals surface area contributed by atoms with Crippen LogP contribution in [0.2, 0.25) is 5.02 Å². The first-order chi connectivity index (χ1) is 8.29. The van der Waals surface area contributed by atoms with Gasteiger partial charge in [0.2, 0.25) is 0 Å². The highest BCUT2D eigenvalue weighted by molar-refractivity contribution is 6.30. The molecule has 1 saturated carbocycles. The minimum Gasteiger partial charge on any atom is -0.310 e. The van der Waals surface area contributed by atoms with E-state index >= 15 is 0 Å². The topological polar surface area (TPSA) is 12.0 Å². The number of hydrogen-bond acceptors (Lipinski definition) is 1. The summed E-state index contributed by atoms with van der Waals surface area (Å²) in [5.74, 6) is 0.986. The monoisotopic (exact) mass is 251 g/mol. The predicted molar refractivity (Wildman–Crippen MR) is 74.4 cm³/mol. The van der Waals surface area contributed by atoms with Crippen molar-refractivity contribution in [2.24, 2.45) is 5.92 Å². The van der Waals surface area contributed by atoms with Crippen LogP contribution in [-0.2, 0) is 0 Å². The van der Waals surface area contributed by atoms with Crippen LogP contribution in [0, 0.1) is 5.92 Å². The standard InChI is InChI=1S/C15H22ClN/c1-2-15(13-7-4-8-14(16)11-13)17-10-9-12-5-3-6-12/h4,7-8,11-12,15,17H,2-3,5-6,9-10H2,1H3. The summed E-state index contributed by atoms with van der Waals surface area (Å²) in [6.45, 7) is 3.36. The highest BCUT2D eigenvalue weighted by Gasteiger charge is 2.17. The van der Waals surface area contributed by atoms with Gasteiger partial charge in [0, 0.05) is 11.1 Å². The van der Waals surface area contributed by atoms with E-state index in [1.165, 1.54) is 31.2 Å². The molecule has 1 unspecified atom stereocenters. The summed E-state index contributed by atoms with van der Waals surface area (Å²) in [5.41, 5.74) is 1.31. The molecule has 0 radical (unpaired) electrons. The van der Waals surface area contributed by atoms with E-state index in [2.05, 4.69) is 24.4 Å². The zero-order chi connectivity index (χ0) is 12.1. The van der Waals surface area contributed by atoms with E-state index in [0.29, 0.717) is 6.04 Å². The Bertz CT molecular complexity index is 347. The molecule has 0 aliphatic heterocycles. The van der Waals surface area contributed by atoms with Gasteiger partial charge >= 0.3 is 0 Å². The molecule has 0 spiro atoms. The van der Waals surface area contributed by atoms with Crippen LogP contribution in [0.25, 0.3) is 0 Å². The van der Waals surface area contributed by atoms with Gasteiger partial charge in [0.15, 0.2) is 0 Å². The first-order valence-corrected chi connectivity index (χ1v) is 7.16. The Morgan fingerprint density at radius 2 is 2.24 bits per heavy atom. The second kappa shape index (κ2) is 6.42. The van der Waals surface area contributed by atoms with Gasteiger partial charge in [-0.15, -0.1) is 0 Å². The van der Waals surface area contributed by atoms with Crippen LogP contribution in [0.4, 0.5) is 0 Å². The lowest BCUT2D eigenvalue weighted by Gasteiger charge is -2.26. The van der Waals surface area contributed by atoms with Crippen molar-refractivity contribution in [3.05, 3.63) is 34.9 Å². The van der Waals surface area contributed by atoms with E-state index in [1.54, 1.807) is 0 Å². The molecular weight excluding hydrogens is 230 g/mol. The van der Waals surface area contributed by atoms with Gasteiger partial charge in [-0.25, -0.2) is 0 Å². The number of hydrogen-bond donors (Lipinski definition) is 1. The third-order valence-electron chi connectivity index (χ3n) is 3.83. The lowest BCUT2D eigenvalue weighted by molar-refractivity contribution is 0.287. The zero-order valence-electron chi connectivity index (χ0n) is 10.6. The Labute approximate surface area is 110 Å². The van der Waals surface area contributed by atoms with Crippen LogP contribution in [-0.4, -0.2) is 6.54 Å². The maximum atomic E-state index is 6.03. The fourth-order valence-electron chi connectivity index (χ4n) is 2.46. The molecule has 17 heavy (non-hydrogen) atoms. The molecule has 2 heteroatoms. The first-order valence-electron chi connectivity index (χ1n) is 6.78. The molecule has 1 aliphatic rings. The fourth-order valence-corrected chi connectivity index (χ4v) is 2.66. The van der Waals surface area contributed by atoms with Gasteiger partial charge in [-0.2, -0.15) is 0 Å². The number of benzene rings is 1. The van der Waals surface area contributed by atoms with Crippen molar-refractivity contribution in [2.75, 3.05) is 6.54 Å². The highest BCUT2D eigenvalue weighted by atomic mass is 35.5. The molecule has 1 atom stereocenters. The molecule has 0 aromatic heterocycles. The maximum absolute atomic E-state index is 6.03. The van der Waals surface area contributed by atoms with Crippen LogP contribution in [0.1, 0.15) is 50.6 Å². The van der Waals surface area contributed by atoms with Gasteiger partial charge in [0.25, 0.3) is 0 Å². The molecule has 1 N–H and O–H groups in total. The number of rotatable bonds is 6. The van der Waals surface area contributed by atoms with Crippen molar-refractivity contribution in [1.82, 2.24) is 5.32 Å². The Balaban J connectivity index is 1.82. The van der Waals surface area contributed by atoms with Gasteiger partial charge in [-0.3, -0.25) is 0 Å². The summed E-state index contributed by atoms with van der Waals surface area (Å²) in [6.07, 6.45) is 6.77. The van der Waals surface area contributed by atoms with E-state index < -0.39 is 0 Å². The Hall–Kier alpha value is -0.530. The van der Waals surface area contributed by atoms with E-state index in [4.69, 9.17) is 11.6 Å². The molecule has 2 rings (SSSR count). The van der Waals surface area contributed by atoms with Gasteiger partial charge in [-0.1, -0.05) is 49.9 Å². The number of halogens is 1. The smallest absolute Gasteiger partial charge is 0.0409 e. The summed E-state index contributed by atoms with van der Waals surface area (Å²) in [7, 11) is 0. The fraction of sp³-hybridized carbons (Fsp3) is 0.600. The van der Waals surface area contributed by atoms with Crippen molar-refractivity contribution < 1.29 is 0 Å². The largest absolute Gasteiger partial charge is 0.310 e. The molecule has 0 saturated heterocycles. The molecule has 0 heterocycles. The average molecular weight is 252 g/mol. The Morgan fingerprint density at radius 3 is 2.82 bits per heavy atom. The van der Waals surface area contributed by atoms with Crippen molar-refractivity contribution in [2.45, 2.75) is 45.1 Å². The second-order valence-corrected chi connectivity index (χ2v) is 5.49. The summed E-state index contributed by atoms with van der Waals surface area (Å²) >= 11 is 6.03. The van der Waals surface area contributed by atoms with Gasteiger partial charge < -0.3 is 5.32 Å². The predicted octanol–water partition coefficient (Wildman–Crippen LogP) is 4.57. The summed E-state index contributed by atoms with van der Waals surface area (Å²) in [4.78, 5) is 0. The van der Waals surface area contributed by atoms with Crippen molar-refractivity contribution in [3.63, 3.8) is 0 Å². The third-order valence-corrected chi connectivity index (χ3v) is 4.06. The van der Waals surface area contributed by atoms with Gasteiger partial charge in [-0.05, 0) is 43.0 Å². The van der Waals surface area contributed by atoms with Crippen LogP contribution in [0.5, 0.6) is 0 Å². The van der Waals surface area contributed by atoms with E-state index in [1.807, 2.05) is 12.1 Å². The van der Waals surface area contributed by atoms with E-state index in [9.17, 15) is 0 Å². The number of nitrogens with one attached hydrogen (secondary N) is 1. The molecule has 0 bridgehead atoms. The third kappa shape index (κ3) is 3.72. The first kappa shape index (κ1) is 12.9. The van der Waals surface area contributed by atoms with Crippen molar-refractivity contribution >= 4 is 11.6 Å². The van der Waals surface area contributed by atoms with Crippen LogP contribution in [0.3, 0.4) is 0 Å². The van der Waals surface area contributed by atoms with Crippen molar-refractivity contribution in [1.29, 1.82) is 0 Å². The Kier molecular flexibility index (Phi) is 4.87. The van der Waals surface area contributed by atoms with Gasteiger partial charge in [0.05, 0.1) is 0 Å². The molecule has 1 aromatic rings. The van der Waals surface area contributed by atoms with Crippen LogP contribution < -0.4 is 5.32 Å². The molecular formula is C15H22ClN. The van der Waals surface area contributed by atoms with E-state index in [-0.39, 0.29) is 0 Å². The molecule has 1 aliphatic carbocycles. The lowest BCUT2D eigenvalue weighted by atomic mass is 9.83. The van der Waals surface area contributed by atoms with Crippen LogP contribution in [0.15, 0.2) is 24.3 Å².